The second-order valence-corrected chi connectivity index (χ2v) is 4.54. The molecule has 0 bridgehead atoms. The summed E-state index contributed by atoms with van der Waals surface area (Å²) in [6.07, 6.45) is 0. The van der Waals surface area contributed by atoms with E-state index in [2.05, 4.69) is 20.2 Å². The molecular formula is C10H13N5O2S. The Balaban J connectivity index is 2.28. The number of aryl methyl sites for hydroxylation is 1. The highest BCUT2D eigenvalue weighted by Gasteiger charge is 2.17. The quantitative estimate of drug-likeness (QED) is 0.796. The van der Waals surface area contributed by atoms with Crippen molar-refractivity contribution in [1.82, 2.24) is 20.2 Å². The van der Waals surface area contributed by atoms with Crippen molar-refractivity contribution < 1.29 is 9.53 Å². The summed E-state index contributed by atoms with van der Waals surface area (Å²) < 4.78 is 4.82. The maximum absolute atomic E-state index is 11.4. The maximum atomic E-state index is 11.4. The predicted octanol–water partition coefficient (Wildman–Crippen LogP) is 0.872. The van der Waals surface area contributed by atoms with Gasteiger partial charge in [0.1, 0.15) is 5.01 Å². The molecule has 0 aliphatic carbocycles. The summed E-state index contributed by atoms with van der Waals surface area (Å²) in [5.41, 5.74) is 6.34. The van der Waals surface area contributed by atoms with Crippen LogP contribution in [0.1, 0.15) is 28.2 Å². The normalized spacial score (nSPS) is 10.6. The third kappa shape index (κ3) is 2.39. The van der Waals surface area contributed by atoms with Gasteiger partial charge in [-0.25, -0.2) is 14.8 Å². The van der Waals surface area contributed by atoms with E-state index in [1.807, 2.05) is 6.92 Å². The van der Waals surface area contributed by atoms with Crippen LogP contribution in [-0.4, -0.2) is 32.7 Å². The van der Waals surface area contributed by atoms with Crippen molar-refractivity contribution in [2.45, 2.75) is 20.4 Å². The molecule has 0 radical (unpaired) electrons. The van der Waals surface area contributed by atoms with Gasteiger partial charge in [-0.2, -0.15) is 0 Å². The first-order chi connectivity index (χ1) is 8.65. The molecule has 0 aliphatic heterocycles. The number of rotatable bonds is 4. The van der Waals surface area contributed by atoms with E-state index in [0.29, 0.717) is 19.0 Å². The van der Waals surface area contributed by atoms with E-state index in [-0.39, 0.29) is 5.82 Å². The number of carbonyl (C=O) groups is 1. The van der Waals surface area contributed by atoms with Crippen molar-refractivity contribution in [1.29, 1.82) is 0 Å². The zero-order valence-corrected chi connectivity index (χ0v) is 10.9. The van der Waals surface area contributed by atoms with Gasteiger partial charge in [0.05, 0.1) is 17.2 Å². The first kappa shape index (κ1) is 12.7. The monoisotopic (exact) mass is 267 g/mol. The third-order valence-corrected chi connectivity index (χ3v) is 3.36. The Labute approximate surface area is 107 Å². The lowest BCUT2D eigenvalue weighted by molar-refractivity contribution is 0.0512. The number of thiazole rings is 1. The topological polar surface area (TPSA) is 107 Å². The molecule has 2 rings (SSSR count). The zero-order chi connectivity index (χ0) is 13.1. The van der Waals surface area contributed by atoms with Gasteiger partial charge in [0.15, 0.2) is 5.82 Å². The summed E-state index contributed by atoms with van der Waals surface area (Å²) in [7, 11) is 0. The van der Waals surface area contributed by atoms with Gasteiger partial charge in [-0.1, -0.05) is 0 Å². The molecule has 0 amide bonds. The molecule has 7 nitrogen and oxygen atoms in total. The van der Waals surface area contributed by atoms with Crippen LogP contribution >= 0.6 is 11.3 Å². The Morgan fingerprint density at radius 1 is 1.50 bits per heavy atom. The van der Waals surface area contributed by atoms with Crippen molar-refractivity contribution in [3.05, 3.63) is 16.5 Å². The number of nitrogens with one attached hydrogen (secondary N) is 1. The van der Waals surface area contributed by atoms with Crippen molar-refractivity contribution in [2.75, 3.05) is 6.61 Å². The Morgan fingerprint density at radius 2 is 2.28 bits per heavy atom. The van der Waals surface area contributed by atoms with Crippen molar-refractivity contribution >= 4 is 17.3 Å². The predicted molar refractivity (Wildman–Crippen MR) is 66.1 cm³/mol. The lowest BCUT2D eigenvalue weighted by atomic mass is 10.4. The van der Waals surface area contributed by atoms with Crippen LogP contribution in [0, 0.1) is 6.92 Å². The Morgan fingerprint density at radius 3 is 2.89 bits per heavy atom. The number of nitrogens with zero attached hydrogens (tertiary/aromatic N) is 3. The number of hydrogen-bond donors (Lipinski definition) is 2. The van der Waals surface area contributed by atoms with Gasteiger partial charge in [-0.3, -0.25) is 5.10 Å². The molecule has 0 atom stereocenters. The molecular weight excluding hydrogens is 254 g/mol. The van der Waals surface area contributed by atoms with Crippen molar-refractivity contribution in [3.8, 4) is 10.7 Å². The van der Waals surface area contributed by atoms with Crippen molar-refractivity contribution in [3.63, 3.8) is 0 Å². The summed E-state index contributed by atoms with van der Waals surface area (Å²) in [4.78, 5) is 20.6. The van der Waals surface area contributed by atoms with Gasteiger partial charge in [0.25, 0.3) is 5.82 Å². The van der Waals surface area contributed by atoms with Crippen LogP contribution in [0.4, 0.5) is 0 Å². The fourth-order valence-electron chi connectivity index (χ4n) is 1.41. The molecule has 0 unspecified atom stereocenters. The van der Waals surface area contributed by atoms with E-state index >= 15 is 0 Å². The molecule has 2 aromatic rings. The lowest BCUT2D eigenvalue weighted by Gasteiger charge is -1.94. The van der Waals surface area contributed by atoms with E-state index in [4.69, 9.17) is 10.5 Å². The average Bonchev–Trinajstić information content (AvgIpc) is 2.95. The molecule has 18 heavy (non-hydrogen) atoms. The summed E-state index contributed by atoms with van der Waals surface area (Å²) in [6.45, 7) is 4.26. The molecule has 3 N–H and O–H groups in total. The number of carbonyl (C=O) groups excluding carboxylic acids is 1. The van der Waals surface area contributed by atoms with Crippen LogP contribution in [0.15, 0.2) is 0 Å². The molecule has 96 valence electrons. The first-order valence-electron chi connectivity index (χ1n) is 5.42. The molecule has 0 aromatic carbocycles. The summed E-state index contributed by atoms with van der Waals surface area (Å²) in [5.74, 6) is -0.0112. The van der Waals surface area contributed by atoms with Gasteiger partial charge < -0.3 is 10.5 Å². The number of ether oxygens (including phenoxy) is 1. The molecule has 0 saturated carbocycles. The minimum atomic E-state index is -0.541. The number of aromatic nitrogens is 4. The fraction of sp³-hybridized carbons (Fsp3) is 0.400. The largest absolute Gasteiger partial charge is 0.460 e. The van der Waals surface area contributed by atoms with Gasteiger partial charge in [0, 0.05) is 6.54 Å². The zero-order valence-electron chi connectivity index (χ0n) is 10.1. The molecule has 2 heterocycles. The Bertz CT molecular complexity index is 562. The molecule has 0 fully saturated rings. The SMILES string of the molecule is CCOC(=O)c1n[nH]c(-c2sc(CN)nc2C)n1. The van der Waals surface area contributed by atoms with E-state index < -0.39 is 5.97 Å². The average molecular weight is 267 g/mol. The molecule has 0 saturated heterocycles. The summed E-state index contributed by atoms with van der Waals surface area (Å²) in [6, 6.07) is 0. The van der Waals surface area contributed by atoms with Gasteiger partial charge in [-0.05, 0) is 13.8 Å². The number of aromatic amines is 1. The number of H-pyrrole nitrogens is 1. The van der Waals surface area contributed by atoms with Gasteiger partial charge >= 0.3 is 5.97 Å². The van der Waals surface area contributed by atoms with Crippen LogP contribution in [0.25, 0.3) is 10.7 Å². The Hall–Kier alpha value is -1.80. The van der Waals surface area contributed by atoms with Crippen LogP contribution < -0.4 is 5.73 Å². The second-order valence-electron chi connectivity index (χ2n) is 3.45. The lowest BCUT2D eigenvalue weighted by Crippen LogP contribution is -2.06. The molecule has 8 heteroatoms. The van der Waals surface area contributed by atoms with E-state index in [1.54, 1.807) is 6.92 Å². The van der Waals surface area contributed by atoms with Crippen LogP contribution in [0.2, 0.25) is 0 Å². The van der Waals surface area contributed by atoms with Gasteiger partial charge in [0.2, 0.25) is 0 Å². The standard InChI is InChI=1S/C10H13N5O2S/c1-3-17-10(16)9-13-8(14-15-9)7-5(2)12-6(4-11)18-7/h3-4,11H2,1-2H3,(H,13,14,15). The van der Waals surface area contributed by atoms with Crippen LogP contribution in [-0.2, 0) is 11.3 Å². The third-order valence-electron chi connectivity index (χ3n) is 2.17. The summed E-state index contributed by atoms with van der Waals surface area (Å²) in [5, 5.41) is 7.35. The van der Waals surface area contributed by atoms with Crippen LogP contribution in [0.3, 0.4) is 0 Å². The second kappa shape index (κ2) is 5.23. The van der Waals surface area contributed by atoms with Gasteiger partial charge in [-0.15, -0.1) is 16.4 Å². The number of nitrogens with two attached hydrogens (primary N) is 1. The molecule has 0 spiro atoms. The minimum absolute atomic E-state index is 0.0222. The Kier molecular flexibility index (Phi) is 3.68. The van der Waals surface area contributed by atoms with Crippen LogP contribution in [0.5, 0.6) is 0 Å². The maximum Gasteiger partial charge on any atom is 0.378 e. The summed E-state index contributed by atoms with van der Waals surface area (Å²) >= 11 is 1.43. The molecule has 2 aromatic heterocycles. The molecule has 0 aliphatic rings. The highest BCUT2D eigenvalue weighted by molar-refractivity contribution is 7.15. The number of hydrogen-bond acceptors (Lipinski definition) is 7. The number of esters is 1. The van der Waals surface area contributed by atoms with E-state index in [1.165, 1.54) is 11.3 Å². The first-order valence-corrected chi connectivity index (χ1v) is 6.23. The highest BCUT2D eigenvalue weighted by atomic mass is 32.1. The fourth-order valence-corrected chi connectivity index (χ4v) is 2.29. The minimum Gasteiger partial charge on any atom is -0.460 e. The van der Waals surface area contributed by atoms with E-state index in [9.17, 15) is 4.79 Å². The van der Waals surface area contributed by atoms with E-state index in [0.717, 1.165) is 15.6 Å². The van der Waals surface area contributed by atoms with Crippen molar-refractivity contribution in [2.24, 2.45) is 5.73 Å². The smallest absolute Gasteiger partial charge is 0.378 e. The highest BCUT2D eigenvalue weighted by Crippen LogP contribution is 2.26.